The van der Waals surface area contributed by atoms with Crippen LogP contribution in [0, 0.1) is 5.41 Å². The standard InChI is InChI=1S/C16H27N3/c1-8-9-15(12(4)10-13(5)17)16(11(2)3)19-14(6)18-7/h9-10,17H,8H2,1-7H3,(H,18,19)/b12-10+,15-9-,17-13?. The molecular formula is C16H27N3. The van der Waals surface area contributed by atoms with Gasteiger partial charge in [0.25, 0.3) is 0 Å². The monoisotopic (exact) mass is 261 g/mol. The lowest BCUT2D eigenvalue weighted by Crippen LogP contribution is -2.22. The van der Waals surface area contributed by atoms with Crippen LogP contribution >= 0.6 is 0 Å². The molecule has 0 aliphatic carbocycles. The summed E-state index contributed by atoms with van der Waals surface area (Å²) < 4.78 is 0. The van der Waals surface area contributed by atoms with Gasteiger partial charge in [-0.25, -0.2) is 0 Å². The molecule has 0 fully saturated rings. The zero-order chi connectivity index (χ0) is 15.0. The van der Waals surface area contributed by atoms with Gasteiger partial charge in [0, 0.05) is 18.5 Å². The maximum Gasteiger partial charge on any atom is 0.0972 e. The molecule has 0 radical (unpaired) electrons. The number of rotatable bonds is 5. The van der Waals surface area contributed by atoms with E-state index in [1.165, 1.54) is 5.57 Å². The predicted molar refractivity (Wildman–Crippen MR) is 86.1 cm³/mol. The van der Waals surface area contributed by atoms with Crippen LogP contribution in [0.1, 0.15) is 48.0 Å². The summed E-state index contributed by atoms with van der Waals surface area (Å²) in [5.74, 6) is 0.887. The first-order valence-corrected chi connectivity index (χ1v) is 6.65. The summed E-state index contributed by atoms with van der Waals surface area (Å²) in [6.45, 7) is 12.1. The van der Waals surface area contributed by atoms with E-state index in [1.807, 2.05) is 19.9 Å². The van der Waals surface area contributed by atoms with Crippen LogP contribution < -0.4 is 5.32 Å². The van der Waals surface area contributed by atoms with Crippen molar-refractivity contribution in [2.75, 3.05) is 7.05 Å². The minimum atomic E-state index is 0.563. The molecule has 0 amide bonds. The van der Waals surface area contributed by atoms with Gasteiger partial charge in [0.15, 0.2) is 0 Å². The molecule has 0 atom stereocenters. The van der Waals surface area contributed by atoms with Gasteiger partial charge in [-0.2, -0.15) is 0 Å². The van der Waals surface area contributed by atoms with Crippen molar-refractivity contribution < 1.29 is 0 Å². The van der Waals surface area contributed by atoms with Gasteiger partial charge in [0.1, 0.15) is 0 Å². The van der Waals surface area contributed by atoms with Gasteiger partial charge < -0.3 is 10.7 Å². The lowest BCUT2D eigenvalue weighted by atomic mass is 9.98. The first-order chi connectivity index (χ1) is 8.83. The average molecular weight is 261 g/mol. The highest BCUT2D eigenvalue weighted by Gasteiger charge is 2.09. The molecule has 0 bridgehead atoms. The first kappa shape index (κ1) is 17.4. The average Bonchev–Trinajstić information content (AvgIpc) is 2.31. The van der Waals surface area contributed by atoms with E-state index < -0.39 is 0 Å². The molecule has 0 unspecified atom stereocenters. The highest BCUT2D eigenvalue weighted by Crippen LogP contribution is 2.21. The predicted octanol–water partition coefficient (Wildman–Crippen LogP) is 4.24. The number of aliphatic imine (C=N–C) groups is 1. The zero-order valence-corrected chi connectivity index (χ0v) is 13.3. The first-order valence-electron chi connectivity index (χ1n) is 6.65. The molecule has 3 nitrogen and oxygen atoms in total. The molecule has 0 aromatic rings. The van der Waals surface area contributed by atoms with Gasteiger partial charge in [-0.3, -0.25) is 4.99 Å². The topological polar surface area (TPSA) is 48.2 Å². The normalized spacial score (nSPS) is 13.3. The molecule has 19 heavy (non-hydrogen) atoms. The van der Waals surface area contributed by atoms with Crippen LogP contribution in [0.4, 0.5) is 0 Å². The van der Waals surface area contributed by atoms with Crippen LogP contribution in [0.15, 0.2) is 39.6 Å². The Morgan fingerprint density at radius 3 is 2.11 bits per heavy atom. The third-order valence-electron chi connectivity index (χ3n) is 2.68. The molecule has 0 aliphatic heterocycles. The summed E-state index contributed by atoms with van der Waals surface area (Å²) in [6.07, 6.45) is 5.04. The fraction of sp³-hybridized carbons (Fsp3) is 0.500. The van der Waals surface area contributed by atoms with Crippen molar-refractivity contribution in [1.82, 2.24) is 5.32 Å². The Morgan fingerprint density at radius 1 is 1.16 bits per heavy atom. The van der Waals surface area contributed by atoms with E-state index >= 15 is 0 Å². The molecule has 0 aromatic heterocycles. The van der Waals surface area contributed by atoms with Gasteiger partial charge in [-0.05, 0) is 58.3 Å². The highest BCUT2D eigenvalue weighted by molar-refractivity contribution is 5.91. The molecule has 0 aromatic carbocycles. The van der Waals surface area contributed by atoms with Crippen molar-refractivity contribution in [3.8, 4) is 0 Å². The number of hydrogen-bond donors (Lipinski definition) is 2. The molecule has 0 saturated carbocycles. The van der Waals surface area contributed by atoms with E-state index in [0.717, 1.165) is 29.1 Å². The van der Waals surface area contributed by atoms with Gasteiger partial charge in [0.2, 0.25) is 0 Å². The van der Waals surface area contributed by atoms with Crippen molar-refractivity contribution in [2.45, 2.75) is 48.0 Å². The summed E-state index contributed by atoms with van der Waals surface area (Å²) in [5, 5.41) is 11.0. The summed E-state index contributed by atoms with van der Waals surface area (Å²) in [5.41, 5.74) is 5.10. The largest absolute Gasteiger partial charge is 0.344 e. The van der Waals surface area contributed by atoms with E-state index in [9.17, 15) is 0 Å². The maximum absolute atomic E-state index is 7.61. The Balaban J connectivity index is 5.66. The van der Waals surface area contributed by atoms with Crippen molar-refractivity contribution >= 4 is 11.5 Å². The summed E-state index contributed by atoms with van der Waals surface area (Å²) >= 11 is 0. The third kappa shape index (κ3) is 6.18. The highest BCUT2D eigenvalue weighted by atomic mass is 15.0. The molecule has 0 spiro atoms. The summed E-state index contributed by atoms with van der Waals surface area (Å²) in [4.78, 5) is 4.16. The van der Waals surface area contributed by atoms with Crippen LogP contribution in [-0.2, 0) is 0 Å². The van der Waals surface area contributed by atoms with E-state index in [1.54, 1.807) is 14.0 Å². The molecule has 0 aliphatic rings. The minimum absolute atomic E-state index is 0.563. The number of amidine groups is 1. The second kappa shape index (κ2) is 8.46. The Morgan fingerprint density at radius 2 is 1.74 bits per heavy atom. The summed E-state index contributed by atoms with van der Waals surface area (Å²) in [6, 6.07) is 0. The van der Waals surface area contributed by atoms with Crippen LogP contribution in [0.3, 0.4) is 0 Å². The van der Waals surface area contributed by atoms with E-state index in [4.69, 9.17) is 5.41 Å². The lowest BCUT2D eigenvalue weighted by molar-refractivity contribution is 1.04. The van der Waals surface area contributed by atoms with Gasteiger partial charge >= 0.3 is 0 Å². The second-order valence-corrected chi connectivity index (χ2v) is 4.85. The lowest BCUT2D eigenvalue weighted by Gasteiger charge is -2.17. The smallest absolute Gasteiger partial charge is 0.0972 e. The summed E-state index contributed by atoms with van der Waals surface area (Å²) in [7, 11) is 1.78. The minimum Gasteiger partial charge on any atom is -0.344 e. The number of nitrogens with one attached hydrogen (secondary N) is 2. The second-order valence-electron chi connectivity index (χ2n) is 4.85. The number of nitrogens with zero attached hydrogens (tertiary/aromatic N) is 1. The fourth-order valence-corrected chi connectivity index (χ4v) is 1.77. The van der Waals surface area contributed by atoms with Gasteiger partial charge in [-0.15, -0.1) is 0 Å². The maximum atomic E-state index is 7.61. The number of hydrogen-bond acceptors (Lipinski definition) is 2. The van der Waals surface area contributed by atoms with Crippen LogP contribution in [-0.4, -0.2) is 18.6 Å². The quantitative estimate of drug-likeness (QED) is 0.434. The molecule has 0 heterocycles. The third-order valence-corrected chi connectivity index (χ3v) is 2.68. The Bertz CT molecular complexity index is 445. The van der Waals surface area contributed by atoms with E-state index in [0.29, 0.717) is 5.71 Å². The van der Waals surface area contributed by atoms with Crippen molar-refractivity contribution in [1.29, 1.82) is 5.41 Å². The van der Waals surface area contributed by atoms with Crippen molar-refractivity contribution in [3.63, 3.8) is 0 Å². The van der Waals surface area contributed by atoms with Crippen LogP contribution in [0.5, 0.6) is 0 Å². The fourth-order valence-electron chi connectivity index (χ4n) is 1.77. The molecule has 2 N–H and O–H groups in total. The van der Waals surface area contributed by atoms with Crippen LogP contribution in [0.2, 0.25) is 0 Å². The van der Waals surface area contributed by atoms with Crippen molar-refractivity contribution in [2.24, 2.45) is 4.99 Å². The van der Waals surface area contributed by atoms with Gasteiger partial charge in [0.05, 0.1) is 5.84 Å². The Kier molecular flexibility index (Phi) is 7.73. The molecule has 0 saturated heterocycles. The molecular weight excluding hydrogens is 234 g/mol. The van der Waals surface area contributed by atoms with E-state index in [2.05, 4.69) is 37.2 Å². The number of allylic oxidation sites excluding steroid dienone is 4. The Hall–Kier alpha value is -1.64. The van der Waals surface area contributed by atoms with Gasteiger partial charge in [-0.1, -0.05) is 18.6 Å². The Labute approximate surface area is 117 Å². The molecule has 0 rings (SSSR count). The SMILES string of the molecule is CC/C=C(C(NC(C)=NC)=C(C)C)/C(C)=C/C(C)=N. The van der Waals surface area contributed by atoms with Crippen LogP contribution in [0.25, 0.3) is 0 Å². The molecule has 106 valence electrons. The zero-order valence-electron chi connectivity index (χ0n) is 13.3. The van der Waals surface area contributed by atoms with E-state index in [-0.39, 0.29) is 0 Å². The molecule has 3 heteroatoms. The van der Waals surface area contributed by atoms with Crippen molar-refractivity contribution in [3.05, 3.63) is 34.6 Å².